The first kappa shape index (κ1) is 29.1. The molecule has 0 saturated carbocycles. The molecular formula is C29H37BrFN3O5. The summed E-state index contributed by atoms with van der Waals surface area (Å²) in [5.41, 5.74) is 3.13. The normalized spacial score (nSPS) is 16.5. The van der Waals surface area contributed by atoms with Gasteiger partial charge in [-0.3, -0.25) is 4.79 Å². The van der Waals surface area contributed by atoms with E-state index in [1.54, 1.807) is 25.0 Å². The smallest absolute Gasteiger partial charge is 0.197 e. The molecule has 1 saturated heterocycles. The van der Waals surface area contributed by atoms with Gasteiger partial charge in [-0.1, -0.05) is 20.8 Å². The van der Waals surface area contributed by atoms with Crippen LogP contribution in [-0.2, 0) is 16.7 Å². The average molecular weight is 607 g/mol. The number of morpholine rings is 1. The molecule has 0 bridgehead atoms. The van der Waals surface area contributed by atoms with Crippen LogP contribution in [-0.4, -0.2) is 69.7 Å². The molecule has 2 aromatic carbocycles. The molecule has 2 heterocycles. The Balaban J connectivity index is 1.70. The minimum absolute atomic E-state index is 0.0188. The van der Waals surface area contributed by atoms with E-state index in [9.17, 15) is 4.79 Å². The molecule has 8 nitrogen and oxygen atoms in total. The molecule has 0 aromatic heterocycles. The van der Waals surface area contributed by atoms with E-state index in [0.717, 1.165) is 17.0 Å². The fraction of sp³-hybridized carbons (Fsp3) is 0.517. The van der Waals surface area contributed by atoms with Gasteiger partial charge in [-0.05, 0) is 43.0 Å². The SMILES string of the molecule is CCOc1cc2c(c(F)c1OCC)/C(=N/Br)N(CC(=O)c1cc(N3CCOCC3)c(OC)c(C(C)(C)C)c1)C2. The van der Waals surface area contributed by atoms with Crippen molar-refractivity contribution in [3.63, 3.8) is 0 Å². The van der Waals surface area contributed by atoms with Crippen molar-refractivity contribution < 1.29 is 28.1 Å². The molecule has 2 aromatic rings. The van der Waals surface area contributed by atoms with Gasteiger partial charge in [0.25, 0.3) is 0 Å². The first-order valence-corrected chi connectivity index (χ1v) is 14.0. The van der Waals surface area contributed by atoms with Gasteiger partial charge in [-0.15, -0.1) is 0 Å². The zero-order chi connectivity index (χ0) is 28.3. The maximum absolute atomic E-state index is 15.7. The minimum atomic E-state index is -0.542. The largest absolute Gasteiger partial charge is 0.494 e. The Kier molecular flexibility index (Phi) is 9.06. The number of Topliss-reactive ketones (excluding diaryl/α,β-unsaturated/α-hetero) is 1. The van der Waals surface area contributed by atoms with E-state index < -0.39 is 5.82 Å². The van der Waals surface area contributed by atoms with Crippen molar-refractivity contribution in [1.29, 1.82) is 0 Å². The Morgan fingerprint density at radius 1 is 1.10 bits per heavy atom. The zero-order valence-corrected chi connectivity index (χ0v) is 25.1. The highest BCUT2D eigenvalue weighted by Gasteiger charge is 2.35. The number of rotatable bonds is 9. The third-order valence-electron chi connectivity index (χ3n) is 6.91. The van der Waals surface area contributed by atoms with Crippen LogP contribution in [0.2, 0.25) is 0 Å². The van der Waals surface area contributed by atoms with Crippen molar-refractivity contribution in [3.05, 3.63) is 46.3 Å². The number of anilines is 1. The molecule has 2 aliphatic heterocycles. The second-order valence-corrected chi connectivity index (χ2v) is 10.9. The summed E-state index contributed by atoms with van der Waals surface area (Å²) in [7, 11) is 1.66. The number of halogens is 2. The van der Waals surface area contributed by atoms with Gasteiger partial charge in [0.15, 0.2) is 23.1 Å². The monoisotopic (exact) mass is 605 g/mol. The molecule has 39 heavy (non-hydrogen) atoms. The second-order valence-electron chi connectivity index (χ2n) is 10.5. The van der Waals surface area contributed by atoms with E-state index >= 15 is 4.39 Å². The fourth-order valence-corrected chi connectivity index (χ4v) is 5.48. The van der Waals surface area contributed by atoms with Crippen LogP contribution in [0.25, 0.3) is 0 Å². The Hall–Kier alpha value is -2.85. The molecule has 2 aliphatic rings. The number of hydrogen-bond acceptors (Lipinski definition) is 7. The second kappa shape index (κ2) is 12.1. The molecule has 0 atom stereocenters. The number of amidine groups is 1. The predicted molar refractivity (Wildman–Crippen MR) is 154 cm³/mol. The number of carbonyl (C=O) groups is 1. The van der Waals surface area contributed by atoms with Crippen LogP contribution in [0.3, 0.4) is 0 Å². The molecule has 1 fully saturated rings. The summed E-state index contributed by atoms with van der Waals surface area (Å²) in [5.74, 6) is 0.872. The molecule has 212 valence electrons. The standard InChI is InChI=1S/C29H37BrFN3O5/c1-7-38-23-15-19-16-34(28(32-30)24(19)25(31)27(23)39-8-2)17-22(35)18-13-20(29(3,4)5)26(36-6)21(14-18)33-9-11-37-12-10-33/h13-15H,7-12,16-17H2,1-6H3/b32-28-. The molecular weight excluding hydrogens is 569 g/mol. The Labute approximate surface area is 238 Å². The summed E-state index contributed by atoms with van der Waals surface area (Å²) in [5, 5.41) is 0. The van der Waals surface area contributed by atoms with E-state index in [1.165, 1.54) is 0 Å². The maximum atomic E-state index is 15.7. The summed E-state index contributed by atoms with van der Waals surface area (Å²) in [6, 6.07) is 5.59. The summed E-state index contributed by atoms with van der Waals surface area (Å²) in [6.07, 6.45) is 0. The van der Waals surface area contributed by atoms with Crippen LogP contribution in [0.1, 0.15) is 61.7 Å². The molecule has 10 heteroatoms. The minimum Gasteiger partial charge on any atom is -0.494 e. The number of hydrogen-bond donors (Lipinski definition) is 0. The van der Waals surface area contributed by atoms with Crippen LogP contribution in [0.15, 0.2) is 22.2 Å². The maximum Gasteiger partial charge on any atom is 0.197 e. The van der Waals surface area contributed by atoms with Crippen LogP contribution < -0.4 is 19.1 Å². The van der Waals surface area contributed by atoms with Gasteiger partial charge < -0.3 is 28.7 Å². The summed E-state index contributed by atoms with van der Waals surface area (Å²) >= 11 is 3.16. The van der Waals surface area contributed by atoms with E-state index in [2.05, 4.69) is 45.8 Å². The Morgan fingerprint density at radius 2 is 1.79 bits per heavy atom. The number of ketones is 1. The summed E-state index contributed by atoms with van der Waals surface area (Å²) in [6.45, 7) is 13.6. The molecule has 0 amide bonds. The van der Waals surface area contributed by atoms with Crippen LogP contribution in [0.4, 0.5) is 10.1 Å². The van der Waals surface area contributed by atoms with Gasteiger partial charge in [0.1, 0.15) is 11.6 Å². The molecule has 0 aliphatic carbocycles. The highest BCUT2D eigenvalue weighted by Crippen LogP contribution is 2.42. The topological polar surface area (TPSA) is 72.8 Å². The first-order valence-electron chi connectivity index (χ1n) is 13.3. The van der Waals surface area contributed by atoms with Gasteiger partial charge in [0.2, 0.25) is 0 Å². The summed E-state index contributed by atoms with van der Waals surface area (Å²) < 4.78 is 42.6. The number of carbonyl (C=O) groups excluding carboxylic acids is 1. The van der Waals surface area contributed by atoms with Crippen LogP contribution in [0.5, 0.6) is 17.2 Å². The van der Waals surface area contributed by atoms with Crippen molar-refractivity contribution in [1.82, 2.24) is 4.90 Å². The van der Waals surface area contributed by atoms with Crippen molar-refractivity contribution in [2.24, 2.45) is 4.02 Å². The first-order chi connectivity index (χ1) is 18.6. The van der Waals surface area contributed by atoms with Crippen molar-refractivity contribution in [3.8, 4) is 17.2 Å². The summed E-state index contributed by atoms with van der Waals surface area (Å²) in [4.78, 5) is 17.8. The molecule has 0 N–H and O–H groups in total. The van der Waals surface area contributed by atoms with E-state index in [-0.39, 0.29) is 30.1 Å². The molecule has 4 rings (SSSR count). The number of benzene rings is 2. The van der Waals surface area contributed by atoms with Gasteiger partial charge in [0.05, 0.1) is 67.5 Å². The van der Waals surface area contributed by atoms with Gasteiger partial charge >= 0.3 is 0 Å². The average Bonchev–Trinajstić information content (AvgIpc) is 3.27. The number of ether oxygens (including phenoxy) is 4. The third-order valence-corrected chi connectivity index (χ3v) is 7.25. The number of nitrogens with zero attached hydrogens (tertiary/aromatic N) is 3. The quantitative estimate of drug-likeness (QED) is 0.348. The fourth-order valence-electron chi connectivity index (χ4n) is 5.08. The molecule has 0 spiro atoms. The van der Waals surface area contributed by atoms with Crippen molar-refractivity contribution in [2.45, 2.75) is 46.6 Å². The van der Waals surface area contributed by atoms with Crippen molar-refractivity contribution >= 4 is 33.5 Å². The van der Waals surface area contributed by atoms with E-state index in [4.69, 9.17) is 18.9 Å². The van der Waals surface area contributed by atoms with Crippen LogP contribution >= 0.6 is 16.1 Å². The van der Waals surface area contributed by atoms with Crippen LogP contribution in [0, 0.1) is 5.82 Å². The van der Waals surface area contributed by atoms with Gasteiger partial charge in [-0.25, -0.2) is 4.39 Å². The Bertz CT molecular complexity index is 1250. The number of methoxy groups -OCH3 is 1. The molecule has 0 unspecified atom stereocenters. The van der Waals surface area contributed by atoms with Gasteiger partial charge in [0, 0.05) is 30.8 Å². The van der Waals surface area contributed by atoms with E-state index in [1.807, 2.05) is 19.1 Å². The number of fused-ring (bicyclic) bond motifs is 1. The lowest BCUT2D eigenvalue weighted by molar-refractivity contribution is 0.0963. The molecule has 0 radical (unpaired) electrons. The van der Waals surface area contributed by atoms with Crippen molar-refractivity contribution in [2.75, 3.05) is 58.1 Å². The van der Waals surface area contributed by atoms with Gasteiger partial charge in [-0.2, -0.15) is 4.02 Å². The predicted octanol–water partition coefficient (Wildman–Crippen LogP) is 5.52. The lowest BCUT2D eigenvalue weighted by atomic mass is 9.84. The van der Waals surface area contributed by atoms with E-state index in [0.29, 0.717) is 67.7 Å². The lowest BCUT2D eigenvalue weighted by Gasteiger charge is -2.33. The third kappa shape index (κ3) is 5.87. The highest BCUT2D eigenvalue weighted by molar-refractivity contribution is 9.08. The highest BCUT2D eigenvalue weighted by atomic mass is 79.9. The Morgan fingerprint density at radius 3 is 2.38 bits per heavy atom. The zero-order valence-electron chi connectivity index (χ0n) is 23.5. The lowest BCUT2D eigenvalue weighted by Crippen LogP contribution is -2.37.